The zero-order chi connectivity index (χ0) is 18.1. The summed E-state index contributed by atoms with van der Waals surface area (Å²) in [5.74, 6) is 0.946. The Morgan fingerprint density at radius 2 is 2.12 bits per heavy atom. The number of aliphatic imine (C=N–C) groups is 1. The molecular formula is C18H27FIN5O. The summed E-state index contributed by atoms with van der Waals surface area (Å²) in [7, 11) is 1.89. The SMILES string of the molecule is CCNC(=NCc1ccnn1C)NCC(CC)Oc1cccc(F)c1.I. The standard InChI is InChI=1S/C18H26FN5O.HI/c1-4-16(25-17-8-6-7-14(19)11-17)13-22-18(20-5-2)21-12-15-9-10-23-24(15)3;/h6-11,16H,4-5,12-13H2,1-3H3,(H2,20,21,22);1H. The number of halogens is 2. The lowest BCUT2D eigenvalue weighted by Gasteiger charge is -2.20. The van der Waals surface area contributed by atoms with Crippen molar-refractivity contribution in [1.82, 2.24) is 20.4 Å². The van der Waals surface area contributed by atoms with Crippen molar-refractivity contribution in [3.63, 3.8) is 0 Å². The van der Waals surface area contributed by atoms with Crippen molar-refractivity contribution in [3.8, 4) is 5.75 Å². The Morgan fingerprint density at radius 3 is 2.73 bits per heavy atom. The molecule has 0 aliphatic carbocycles. The van der Waals surface area contributed by atoms with Gasteiger partial charge in [0, 0.05) is 25.9 Å². The van der Waals surface area contributed by atoms with E-state index in [1.807, 2.05) is 27.0 Å². The predicted molar refractivity (Wildman–Crippen MR) is 113 cm³/mol. The molecule has 0 saturated carbocycles. The molecule has 0 amide bonds. The van der Waals surface area contributed by atoms with Crippen LogP contribution in [0.1, 0.15) is 26.0 Å². The zero-order valence-corrected chi connectivity index (χ0v) is 17.7. The maximum atomic E-state index is 13.3. The Morgan fingerprint density at radius 1 is 1.31 bits per heavy atom. The number of ether oxygens (including phenoxy) is 1. The number of aromatic nitrogens is 2. The lowest BCUT2D eigenvalue weighted by atomic mass is 10.2. The monoisotopic (exact) mass is 475 g/mol. The van der Waals surface area contributed by atoms with E-state index in [0.717, 1.165) is 18.7 Å². The van der Waals surface area contributed by atoms with Gasteiger partial charge < -0.3 is 15.4 Å². The van der Waals surface area contributed by atoms with E-state index in [4.69, 9.17) is 4.74 Å². The van der Waals surface area contributed by atoms with Crippen molar-refractivity contribution >= 4 is 29.9 Å². The molecule has 0 bridgehead atoms. The van der Waals surface area contributed by atoms with Crippen LogP contribution in [-0.2, 0) is 13.6 Å². The molecule has 2 N–H and O–H groups in total. The van der Waals surface area contributed by atoms with Crippen LogP contribution in [0.2, 0.25) is 0 Å². The number of hydrogen-bond donors (Lipinski definition) is 2. The number of aryl methyl sites for hydroxylation is 1. The topological polar surface area (TPSA) is 63.5 Å². The molecule has 1 heterocycles. The van der Waals surface area contributed by atoms with Gasteiger partial charge in [-0.15, -0.1) is 24.0 Å². The minimum atomic E-state index is -0.300. The summed E-state index contributed by atoms with van der Waals surface area (Å²) in [6.45, 7) is 5.92. The average molecular weight is 475 g/mol. The lowest BCUT2D eigenvalue weighted by Crippen LogP contribution is -2.42. The number of rotatable bonds is 8. The second-order valence-electron chi connectivity index (χ2n) is 5.63. The largest absolute Gasteiger partial charge is 0.489 e. The highest BCUT2D eigenvalue weighted by Gasteiger charge is 2.10. The third kappa shape index (κ3) is 7.19. The van der Waals surface area contributed by atoms with Gasteiger partial charge in [0.05, 0.1) is 18.8 Å². The van der Waals surface area contributed by atoms with Crippen LogP contribution in [0.15, 0.2) is 41.5 Å². The fraction of sp³-hybridized carbons (Fsp3) is 0.444. The molecule has 2 aromatic rings. The van der Waals surface area contributed by atoms with Crippen molar-refractivity contribution in [2.75, 3.05) is 13.1 Å². The predicted octanol–water partition coefficient (Wildman–Crippen LogP) is 3.09. The van der Waals surface area contributed by atoms with E-state index < -0.39 is 0 Å². The van der Waals surface area contributed by atoms with Gasteiger partial charge in [-0.1, -0.05) is 13.0 Å². The molecule has 26 heavy (non-hydrogen) atoms. The number of nitrogens with zero attached hydrogens (tertiary/aromatic N) is 3. The summed E-state index contributed by atoms with van der Waals surface area (Å²) in [6.07, 6.45) is 2.47. The van der Waals surface area contributed by atoms with E-state index in [2.05, 4.69) is 20.7 Å². The van der Waals surface area contributed by atoms with E-state index in [-0.39, 0.29) is 35.9 Å². The molecule has 6 nitrogen and oxygen atoms in total. The van der Waals surface area contributed by atoms with E-state index >= 15 is 0 Å². The number of guanidine groups is 1. The number of hydrogen-bond acceptors (Lipinski definition) is 3. The number of benzene rings is 1. The molecule has 144 valence electrons. The lowest BCUT2D eigenvalue weighted by molar-refractivity contribution is 0.198. The van der Waals surface area contributed by atoms with Gasteiger partial charge in [-0.05, 0) is 31.5 Å². The molecule has 1 aromatic carbocycles. The summed E-state index contributed by atoms with van der Waals surface area (Å²) in [6, 6.07) is 8.14. The minimum absolute atomic E-state index is 0. The molecule has 0 saturated heterocycles. The Hall–Kier alpha value is -1.84. The van der Waals surface area contributed by atoms with E-state index in [1.54, 1.807) is 23.0 Å². The summed E-state index contributed by atoms with van der Waals surface area (Å²) in [4.78, 5) is 4.56. The maximum Gasteiger partial charge on any atom is 0.191 e. The summed E-state index contributed by atoms with van der Waals surface area (Å²) in [5.41, 5.74) is 1.03. The van der Waals surface area contributed by atoms with E-state index in [9.17, 15) is 4.39 Å². The molecule has 0 radical (unpaired) electrons. The quantitative estimate of drug-likeness (QED) is 0.350. The van der Waals surface area contributed by atoms with Crippen LogP contribution in [0.25, 0.3) is 0 Å². The highest BCUT2D eigenvalue weighted by molar-refractivity contribution is 14.0. The molecule has 2 rings (SSSR count). The molecule has 0 spiro atoms. The molecule has 0 aliphatic rings. The maximum absolute atomic E-state index is 13.3. The van der Waals surface area contributed by atoms with Crippen molar-refractivity contribution in [2.45, 2.75) is 32.9 Å². The fourth-order valence-electron chi connectivity index (χ4n) is 2.27. The van der Waals surface area contributed by atoms with Crippen molar-refractivity contribution in [1.29, 1.82) is 0 Å². The van der Waals surface area contributed by atoms with Gasteiger partial charge in [0.15, 0.2) is 5.96 Å². The number of nitrogens with one attached hydrogen (secondary N) is 2. The second kappa shape index (κ2) is 11.7. The smallest absolute Gasteiger partial charge is 0.191 e. The molecule has 0 fully saturated rings. The zero-order valence-electron chi connectivity index (χ0n) is 15.4. The first kappa shape index (κ1) is 22.2. The first-order valence-electron chi connectivity index (χ1n) is 8.53. The molecule has 1 unspecified atom stereocenters. The Kier molecular flexibility index (Phi) is 10.0. The van der Waals surface area contributed by atoms with Crippen molar-refractivity contribution < 1.29 is 9.13 Å². The van der Waals surface area contributed by atoms with E-state index in [0.29, 0.717) is 24.8 Å². The van der Waals surface area contributed by atoms with Crippen LogP contribution in [0, 0.1) is 5.82 Å². The van der Waals surface area contributed by atoms with Crippen LogP contribution >= 0.6 is 24.0 Å². The normalized spacial score (nSPS) is 12.2. The van der Waals surface area contributed by atoms with Gasteiger partial charge in [0.25, 0.3) is 0 Å². The molecule has 0 aliphatic heterocycles. The van der Waals surface area contributed by atoms with E-state index in [1.165, 1.54) is 12.1 Å². The van der Waals surface area contributed by atoms with Gasteiger partial charge in [0.1, 0.15) is 17.7 Å². The minimum Gasteiger partial charge on any atom is -0.489 e. The van der Waals surface area contributed by atoms with Gasteiger partial charge in [-0.2, -0.15) is 5.10 Å². The summed E-state index contributed by atoms with van der Waals surface area (Å²) >= 11 is 0. The summed E-state index contributed by atoms with van der Waals surface area (Å²) < 4.78 is 20.9. The molecule has 8 heteroatoms. The molecule has 1 aromatic heterocycles. The fourth-order valence-corrected chi connectivity index (χ4v) is 2.27. The van der Waals surface area contributed by atoms with Gasteiger partial charge in [-0.25, -0.2) is 9.38 Å². The van der Waals surface area contributed by atoms with Crippen LogP contribution in [0.3, 0.4) is 0 Å². The first-order valence-corrected chi connectivity index (χ1v) is 8.53. The van der Waals surface area contributed by atoms with Crippen LogP contribution in [-0.4, -0.2) is 34.9 Å². The summed E-state index contributed by atoms with van der Waals surface area (Å²) in [5, 5.41) is 10.6. The Balaban J connectivity index is 0.00000338. The van der Waals surface area contributed by atoms with Gasteiger partial charge >= 0.3 is 0 Å². The van der Waals surface area contributed by atoms with Crippen molar-refractivity contribution in [2.24, 2.45) is 12.0 Å². The third-order valence-electron chi connectivity index (χ3n) is 3.72. The molecule has 1 atom stereocenters. The van der Waals surface area contributed by atoms with Crippen molar-refractivity contribution in [3.05, 3.63) is 48.0 Å². The molecular weight excluding hydrogens is 448 g/mol. The van der Waals surface area contributed by atoms with Crippen LogP contribution < -0.4 is 15.4 Å². The second-order valence-corrected chi connectivity index (χ2v) is 5.63. The third-order valence-corrected chi connectivity index (χ3v) is 3.72. The van der Waals surface area contributed by atoms with Gasteiger partial charge in [-0.3, -0.25) is 4.68 Å². The van der Waals surface area contributed by atoms with Crippen LogP contribution in [0.5, 0.6) is 5.75 Å². The highest BCUT2D eigenvalue weighted by Crippen LogP contribution is 2.14. The Bertz CT molecular complexity index is 692. The first-order chi connectivity index (χ1) is 12.1. The average Bonchev–Trinajstić information content (AvgIpc) is 3.01. The van der Waals surface area contributed by atoms with Gasteiger partial charge in [0.2, 0.25) is 0 Å². The highest BCUT2D eigenvalue weighted by atomic mass is 127. The van der Waals surface area contributed by atoms with Crippen LogP contribution in [0.4, 0.5) is 4.39 Å². The Labute approximate surface area is 171 Å².